The summed E-state index contributed by atoms with van der Waals surface area (Å²) in [4.78, 5) is 2.28. The van der Waals surface area contributed by atoms with E-state index in [2.05, 4.69) is 11.5 Å². The fourth-order valence-corrected chi connectivity index (χ4v) is 2.60. The van der Waals surface area contributed by atoms with Crippen molar-refractivity contribution in [3.05, 3.63) is 35.8 Å². The van der Waals surface area contributed by atoms with E-state index in [1.165, 1.54) is 0 Å². The van der Waals surface area contributed by atoms with E-state index in [0.717, 1.165) is 19.4 Å². The molecule has 17 heavy (non-hydrogen) atoms. The van der Waals surface area contributed by atoms with Gasteiger partial charge in [-0.05, 0) is 37.9 Å². The van der Waals surface area contributed by atoms with E-state index in [1.54, 1.807) is 12.3 Å². The van der Waals surface area contributed by atoms with Gasteiger partial charge in [-0.1, -0.05) is 18.2 Å². The van der Waals surface area contributed by atoms with Crippen molar-refractivity contribution in [1.82, 2.24) is 4.90 Å². The predicted molar refractivity (Wildman–Crippen MR) is 67.9 cm³/mol. The highest BCUT2D eigenvalue weighted by atomic mass is 35.5. The molecule has 1 fully saturated rings. The summed E-state index contributed by atoms with van der Waals surface area (Å²) in [5.74, 6) is 0.640. The van der Waals surface area contributed by atoms with Crippen molar-refractivity contribution in [1.29, 1.82) is 0 Å². The molecule has 94 valence electrons. The number of nitrogens with zero attached hydrogens (tertiary/aromatic N) is 1. The average Bonchev–Trinajstić information content (AvgIpc) is 2.89. The lowest BCUT2D eigenvalue weighted by Gasteiger charge is -2.25. The number of rotatable bonds is 5. The maximum atomic E-state index is 10.0. The molecular formula is C13H18ClNO2. The molecule has 3 nitrogen and oxygen atoms in total. The van der Waals surface area contributed by atoms with Gasteiger partial charge in [0, 0.05) is 17.6 Å². The average molecular weight is 256 g/mol. The Labute approximate surface area is 107 Å². The van der Waals surface area contributed by atoms with E-state index in [9.17, 15) is 5.11 Å². The molecule has 0 radical (unpaired) electrons. The lowest BCUT2D eigenvalue weighted by atomic mass is 10.1. The van der Waals surface area contributed by atoms with Gasteiger partial charge in [0.15, 0.2) is 0 Å². The second-order valence-corrected chi connectivity index (χ2v) is 5.09. The van der Waals surface area contributed by atoms with Gasteiger partial charge >= 0.3 is 0 Å². The lowest BCUT2D eigenvalue weighted by molar-refractivity contribution is 0.105. The van der Waals surface area contributed by atoms with E-state index < -0.39 is 6.10 Å². The summed E-state index contributed by atoms with van der Waals surface area (Å²) in [6.07, 6.45) is 4.00. The number of hydrogen-bond acceptors (Lipinski definition) is 3. The predicted octanol–water partition coefficient (Wildman–Crippen LogP) is 2.92. The number of hydrogen-bond donors (Lipinski definition) is 1. The Hall–Kier alpha value is -0.770. The SMILES string of the molecule is C=C(Cl)CN1CCCC1CC(O)c1ccco1. The minimum absolute atomic E-state index is 0.366. The smallest absolute Gasteiger partial charge is 0.132 e. The van der Waals surface area contributed by atoms with Gasteiger partial charge in [-0.2, -0.15) is 0 Å². The first-order valence-corrected chi connectivity index (χ1v) is 6.33. The number of likely N-dealkylation sites (tertiary alicyclic amines) is 1. The Balaban J connectivity index is 1.91. The molecule has 2 atom stereocenters. The third-order valence-electron chi connectivity index (χ3n) is 3.24. The first-order valence-electron chi connectivity index (χ1n) is 5.95. The zero-order valence-corrected chi connectivity index (χ0v) is 10.6. The maximum Gasteiger partial charge on any atom is 0.132 e. The second kappa shape index (κ2) is 5.71. The molecule has 0 bridgehead atoms. The van der Waals surface area contributed by atoms with Crippen LogP contribution in [0.5, 0.6) is 0 Å². The summed E-state index contributed by atoms with van der Waals surface area (Å²) in [6.45, 7) is 5.46. The standard InChI is InChI=1S/C13H18ClNO2/c1-10(14)9-15-6-2-4-11(15)8-12(16)13-5-3-7-17-13/h3,5,7,11-12,16H,1-2,4,6,8-9H2. The highest BCUT2D eigenvalue weighted by molar-refractivity contribution is 6.29. The molecule has 4 heteroatoms. The third kappa shape index (κ3) is 3.35. The Bertz CT molecular complexity index is 364. The zero-order valence-electron chi connectivity index (χ0n) is 9.81. The molecule has 1 aliphatic rings. The van der Waals surface area contributed by atoms with Gasteiger partial charge in [-0.25, -0.2) is 0 Å². The summed E-state index contributed by atoms with van der Waals surface area (Å²) in [5.41, 5.74) is 0. The minimum Gasteiger partial charge on any atom is -0.467 e. The van der Waals surface area contributed by atoms with Crippen LogP contribution >= 0.6 is 11.6 Å². The highest BCUT2D eigenvalue weighted by Gasteiger charge is 2.27. The molecular weight excluding hydrogens is 238 g/mol. The van der Waals surface area contributed by atoms with Crippen molar-refractivity contribution < 1.29 is 9.52 Å². The van der Waals surface area contributed by atoms with Crippen molar-refractivity contribution in [2.45, 2.75) is 31.4 Å². The van der Waals surface area contributed by atoms with Gasteiger partial charge in [-0.3, -0.25) is 4.90 Å². The van der Waals surface area contributed by atoms with Crippen LogP contribution in [0, 0.1) is 0 Å². The van der Waals surface area contributed by atoms with Crippen molar-refractivity contribution in [3.8, 4) is 0 Å². The molecule has 0 saturated carbocycles. The normalized spacial score (nSPS) is 22.8. The summed E-state index contributed by atoms with van der Waals surface area (Å²) < 4.78 is 5.21. The van der Waals surface area contributed by atoms with Crippen LogP contribution in [0.4, 0.5) is 0 Å². The Kier molecular flexibility index (Phi) is 4.26. The first kappa shape index (κ1) is 12.7. The minimum atomic E-state index is -0.529. The molecule has 0 amide bonds. The van der Waals surface area contributed by atoms with Gasteiger partial charge in [0.2, 0.25) is 0 Å². The van der Waals surface area contributed by atoms with E-state index in [1.807, 2.05) is 6.07 Å². The molecule has 2 rings (SSSR count). The summed E-state index contributed by atoms with van der Waals surface area (Å²) in [5, 5.41) is 10.7. The van der Waals surface area contributed by atoms with Crippen LogP contribution in [0.3, 0.4) is 0 Å². The first-order chi connectivity index (χ1) is 8.16. The molecule has 1 aromatic rings. The number of aliphatic hydroxyl groups excluding tert-OH is 1. The van der Waals surface area contributed by atoms with E-state index in [0.29, 0.717) is 29.8 Å². The largest absolute Gasteiger partial charge is 0.467 e. The molecule has 0 aromatic carbocycles. The summed E-state index contributed by atoms with van der Waals surface area (Å²) in [6, 6.07) is 3.97. The van der Waals surface area contributed by atoms with Gasteiger partial charge in [0.1, 0.15) is 11.9 Å². The van der Waals surface area contributed by atoms with E-state index in [-0.39, 0.29) is 0 Å². The molecule has 2 unspecified atom stereocenters. The lowest BCUT2D eigenvalue weighted by Crippen LogP contribution is -2.31. The Morgan fingerprint density at radius 2 is 2.53 bits per heavy atom. The maximum absolute atomic E-state index is 10.0. The van der Waals surface area contributed by atoms with Crippen LogP contribution < -0.4 is 0 Å². The summed E-state index contributed by atoms with van der Waals surface area (Å²) in [7, 11) is 0. The fourth-order valence-electron chi connectivity index (χ4n) is 2.45. The molecule has 2 heterocycles. The van der Waals surface area contributed by atoms with Crippen LogP contribution in [-0.2, 0) is 0 Å². The van der Waals surface area contributed by atoms with Crippen molar-refractivity contribution >= 4 is 11.6 Å². The molecule has 1 saturated heterocycles. The topological polar surface area (TPSA) is 36.6 Å². The van der Waals surface area contributed by atoms with E-state index in [4.69, 9.17) is 16.0 Å². The van der Waals surface area contributed by atoms with Gasteiger partial charge < -0.3 is 9.52 Å². The van der Waals surface area contributed by atoms with Gasteiger partial charge in [-0.15, -0.1) is 0 Å². The van der Waals surface area contributed by atoms with Crippen LogP contribution in [0.25, 0.3) is 0 Å². The number of furan rings is 1. The zero-order chi connectivity index (χ0) is 12.3. The number of aliphatic hydroxyl groups is 1. The molecule has 0 aliphatic carbocycles. The van der Waals surface area contributed by atoms with Gasteiger partial charge in [0.05, 0.1) is 6.26 Å². The van der Waals surface area contributed by atoms with Crippen LogP contribution in [-0.4, -0.2) is 29.1 Å². The van der Waals surface area contributed by atoms with Gasteiger partial charge in [0.25, 0.3) is 0 Å². The third-order valence-corrected chi connectivity index (χ3v) is 3.36. The molecule has 1 aliphatic heterocycles. The Morgan fingerprint density at radius 3 is 3.18 bits per heavy atom. The van der Waals surface area contributed by atoms with E-state index >= 15 is 0 Å². The van der Waals surface area contributed by atoms with Crippen LogP contribution in [0.15, 0.2) is 34.4 Å². The molecule has 1 aromatic heterocycles. The molecule has 1 N–H and O–H groups in total. The fraction of sp³-hybridized carbons (Fsp3) is 0.538. The van der Waals surface area contributed by atoms with Crippen molar-refractivity contribution in [2.75, 3.05) is 13.1 Å². The highest BCUT2D eigenvalue weighted by Crippen LogP contribution is 2.28. The second-order valence-electron chi connectivity index (χ2n) is 4.55. The summed E-state index contributed by atoms with van der Waals surface area (Å²) >= 11 is 5.84. The molecule has 0 spiro atoms. The van der Waals surface area contributed by atoms with Crippen molar-refractivity contribution in [3.63, 3.8) is 0 Å². The monoisotopic (exact) mass is 255 g/mol. The van der Waals surface area contributed by atoms with Crippen molar-refractivity contribution in [2.24, 2.45) is 0 Å². The Morgan fingerprint density at radius 1 is 1.71 bits per heavy atom. The quantitative estimate of drug-likeness (QED) is 0.879. The van der Waals surface area contributed by atoms with Crippen LogP contribution in [0.2, 0.25) is 0 Å². The number of halogens is 1. The van der Waals surface area contributed by atoms with Crippen LogP contribution in [0.1, 0.15) is 31.1 Å².